The molecule has 0 atom stereocenters. The number of benzene rings is 2. The zero-order valence-electron chi connectivity index (χ0n) is 17.9. The highest BCUT2D eigenvalue weighted by Crippen LogP contribution is 2.36. The van der Waals surface area contributed by atoms with Gasteiger partial charge in [0.25, 0.3) is 5.91 Å². The van der Waals surface area contributed by atoms with Crippen molar-refractivity contribution in [3.05, 3.63) is 71.6 Å². The molecule has 0 fully saturated rings. The first-order chi connectivity index (χ1) is 15.7. The average Bonchev–Trinajstić information content (AvgIpc) is 2.77. The van der Waals surface area contributed by atoms with E-state index in [1.54, 1.807) is 0 Å². The number of ether oxygens (including phenoxy) is 1. The molecule has 3 aromatic rings. The Hall–Kier alpha value is -3.54. The average molecular weight is 500 g/mol. The van der Waals surface area contributed by atoms with Gasteiger partial charge in [0.05, 0.1) is 29.5 Å². The minimum atomic E-state index is -4.92. The Labute approximate surface area is 191 Å². The zero-order valence-corrected chi connectivity index (χ0v) is 18.8. The van der Waals surface area contributed by atoms with Gasteiger partial charge in [-0.3, -0.25) is 9.78 Å². The zero-order chi connectivity index (χ0) is 25.4. The van der Waals surface area contributed by atoms with E-state index >= 15 is 0 Å². The molecule has 6 nitrogen and oxygen atoms in total. The Morgan fingerprint density at radius 1 is 1.03 bits per heavy atom. The first kappa shape index (κ1) is 25.1. The quantitative estimate of drug-likeness (QED) is 0.474. The van der Waals surface area contributed by atoms with Crippen LogP contribution in [0, 0.1) is 11.6 Å². The van der Waals surface area contributed by atoms with Gasteiger partial charge in [-0.2, -0.15) is 13.2 Å². The molecule has 2 aromatic carbocycles. The Balaban J connectivity index is 2.15. The van der Waals surface area contributed by atoms with Crippen molar-refractivity contribution in [1.82, 2.24) is 4.98 Å². The number of pyridine rings is 1. The van der Waals surface area contributed by atoms with Gasteiger partial charge in [-0.1, -0.05) is 0 Å². The summed E-state index contributed by atoms with van der Waals surface area (Å²) < 4.78 is 97.1. The molecule has 180 valence electrons. The van der Waals surface area contributed by atoms with E-state index in [1.807, 2.05) is 0 Å². The van der Waals surface area contributed by atoms with Crippen LogP contribution in [0.5, 0.6) is 5.75 Å². The summed E-state index contributed by atoms with van der Waals surface area (Å²) in [5.41, 5.74) is -2.01. The normalized spacial score (nSPS) is 11.9. The van der Waals surface area contributed by atoms with Crippen LogP contribution >= 0.6 is 0 Å². The van der Waals surface area contributed by atoms with Gasteiger partial charge < -0.3 is 9.64 Å². The molecule has 1 aromatic heterocycles. The highest BCUT2D eigenvalue weighted by molar-refractivity contribution is 7.90. The summed E-state index contributed by atoms with van der Waals surface area (Å²) in [4.78, 5) is 17.2. The highest BCUT2D eigenvalue weighted by atomic mass is 32.2. The summed E-state index contributed by atoms with van der Waals surface area (Å²) in [5, 5.41) is 0. The predicted molar refractivity (Wildman–Crippen MR) is 113 cm³/mol. The molecule has 1 heterocycles. The van der Waals surface area contributed by atoms with Crippen LogP contribution in [0.15, 0.2) is 53.7 Å². The molecule has 3 rings (SSSR count). The van der Waals surface area contributed by atoms with Gasteiger partial charge in [0.1, 0.15) is 5.82 Å². The lowest BCUT2D eigenvalue weighted by atomic mass is 10.0. The molecular formula is C22H17F5N2O4S. The van der Waals surface area contributed by atoms with Crippen molar-refractivity contribution in [3.8, 4) is 16.9 Å². The third-order valence-corrected chi connectivity index (χ3v) is 6.00. The summed E-state index contributed by atoms with van der Waals surface area (Å²) in [7, 11) is -1.71. The van der Waals surface area contributed by atoms with Gasteiger partial charge in [-0.25, -0.2) is 17.2 Å². The molecule has 0 bridgehead atoms. The molecule has 0 saturated carbocycles. The van der Waals surface area contributed by atoms with Crippen LogP contribution in [0.25, 0.3) is 11.1 Å². The summed E-state index contributed by atoms with van der Waals surface area (Å²) in [6.07, 6.45) is -1.77. The summed E-state index contributed by atoms with van der Waals surface area (Å²) in [5.74, 6) is -3.23. The summed E-state index contributed by atoms with van der Waals surface area (Å²) >= 11 is 0. The van der Waals surface area contributed by atoms with E-state index in [0.717, 1.165) is 23.2 Å². The van der Waals surface area contributed by atoms with E-state index in [2.05, 4.69) is 4.98 Å². The minimum Gasteiger partial charge on any atom is -0.494 e. The standard InChI is InChI=1S/C22H17F5N2O4S/c1-29(21(30)12-6-13(22(25,26)27)8-14(7-12)34(3,31)32)19-11-28-5-4-15(19)16-9-20(33-2)18(24)10-17(16)23/h4-11H,1-3H3. The maximum Gasteiger partial charge on any atom is 0.416 e. The number of hydrogen-bond donors (Lipinski definition) is 0. The number of nitrogens with zero attached hydrogens (tertiary/aromatic N) is 2. The summed E-state index contributed by atoms with van der Waals surface area (Å²) in [6, 6.07) is 4.75. The predicted octanol–water partition coefficient (Wildman–Crippen LogP) is 4.73. The summed E-state index contributed by atoms with van der Waals surface area (Å²) in [6.45, 7) is 0. The number of hydrogen-bond acceptors (Lipinski definition) is 5. The van der Waals surface area contributed by atoms with Crippen molar-refractivity contribution in [1.29, 1.82) is 0 Å². The second-order valence-electron chi connectivity index (χ2n) is 7.24. The number of amides is 1. The first-order valence-electron chi connectivity index (χ1n) is 9.42. The second kappa shape index (κ2) is 9.01. The molecule has 0 aliphatic carbocycles. The lowest BCUT2D eigenvalue weighted by molar-refractivity contribution is -0.137. The Kier molecular flexibility index (Phi) is 6.65. The SMILES string of the molecule is COc1cc(-c2ccncc2N(C)C(=O)c2cc(C(F)(F)F)cc(S(C)(=O)=O)c2)c(F)cc1F. The van der Waals surface area contributed by atoms with Gasteiger partial charge in [-0.15, -0.1) is 0 Å². The van der Waals surface area contributed by atoms with Crippen molar-refractivity contribution in [2.75, 3.05) is 25.3 Å². The third-order valence-electron chi connectivity index (χ3n) is 4.91. The fourth-order valence-electron chi connectivity index (χ4n) is 3.18. The molecule has 0 N–H and O–H groups in total. The Morgan fingerprint density at radius 3 is 2.29 bits per heavy atom. The van der Waals surface area contributed by atoms with E-state index in [0.29, 0.717) is 24.5 Å². The van der Waals surface area contributed by atoms with Gasteiger partial charge in [0, 0.05) is 42.3 Å². The molecule has 0 aliphatic heterocycles. The molecule has 0 saturated heterocycles. The monoisotopic (exact) mass is 500 g/mol. The van der Waals surface area contributed by atoms with E-state index in [-0.39, 0.29) is 22.6 Å². The van der Waals surface area contributed by atoms with Crippen molar-refractivity contribution < 1.29 is 39.9 Å². The molecule has 0 unspecified atom stereocenters. The first-order valence-corrected chi connectivity index (χ1v) is 11.3. The van der Waals surface area contributed by atoms with Crippen LogP contribution in [0.1, 0.15) is 15.9 Å². The molecule has 0 radical (unpaired) electrons. The van der Waals surface area contributed by atoms with Crippen molar-refractivity contribution >= 4 is 21.4 Å². The largest absolute Gasteiger partial charge is 0.494 e. The minimum absolute atomic E-state index is 0.0293. The van der Waals surface area contributed by atoms with Crippen LogP contribution in [-0.2, 0) is 16.0 Å². The number of aromatic nitrogens is 1. The lowest BCUT2D eigenvalue weighted by Gasteiger charge is -2.22. The Bertz CT molecular complexity index is 1370. The maximum atomic E-state index is 14.6. The van der Waals surface area contributed by atoms with E-state index in [4.69, 9.17) is 4.74 Å². The molecule has 1 amide bonds. The lowest BCUT2D eigenvalue weighted by Crippen LogP contribution is -2.27. The Morgan fingerprint density at radius 2 is 1.71 bits per heavy atom. The molecular weight excluding hydrogens is 483 g/mol. The fourth-order valence-corrected chi connectivity index (χ4v) is 3.86. The van der Waals surface area contributed by atoms with E-state index in [1.165, 1.54) is 26.4 Å². The molecule has 0 spiro atoms. The molecule has 34 heavy (non-hydrogen) atoms. The van der Waals surface area contributed by atoms with Crippen molar-refractivity contribution in [2.24, 2.45) is 0 Å². The number of rotatable bonds is 5. The van der Waals surface area contributed by atoms with Crippen molar-refractivity contribution in [3.63, 3.8) is 0 Å². The number of alkyl halides is 3. The topological polar surface area (TPSA) is 76.6 Å². The van der Waals surface area contributed by atoms with Crippen molar-refractivity contribution in [2.45, 2.75) is 11.1 Å². The number of methoxy groups -OCH3 is 1. The van der Waals surface area contributed by atoms with Crippen LogP contribution < -0.4 is 9.64 Å². The number of carbonyl (C=O) groups is 1. The second-order valence-corrected chi connectivity index (χ2v) is 9.26. The maximum absolute atomic E-state index is 14.6. The fraction of sp³-hybridized carbons (Fsp3) is 0.182. The van der Waals surface area contributed by atoms with Gasteiger partial charge in [0.15, 0.2) is 21.4 Å². The molecule has 12 heteroatoms. The van der Waals surface area contributed by atoms with E-state index < -0.39 is 49.6 Å². The van der Waals surface area contributed by atoms with Crippen LogP contribution in [0.3, 0.4) is 0 Å². The van der Waals surface area contributed by atoms with Crippen LogP contribution in [0.4, 0.5) is 27.6 Å². The van der Waals surface area contributed by atoms with E-state index in [9.17, 15) is 35.2 Å². The van der Waals surface area contributed by atoms with Gasteiger partial charge in [0.2, 0.25) is 0 Å². The number of carbonyl (C=O) groups excluding carboxylic acids is 1. The number of halogens is 5. The number of sulfone groups is 1. The third kappa shape index (κ3) is 5.01. The van der Waals surface area contributed by atoms with Gasteiger partial charge in [-0.05, 0) is 30.3 Å². The van der Waals surface area contributed by atoms with Crippen LogP contribution in [0.2, 0.25) is 0 Å². The van der Waals surface area contributed by atoms with Gasteiger partial charge >= 0.3 is 6.18 Å². The number of anilines is 1. The van der Waals surface area contributed by atoms with Crippen LogP contribution in [-0.4, -0.2) is 39.7 Å². The smallest absolute Gasteiger partial charge is 0.416 e. The molecule has 0 aliphatic rings. The highest BCUT2D eigenvalue weighted by Gasteiger charge is 2.33.